The van der Waals surface area contributed by atoms with Crippen LogP contribution < -0.4 is 4.74 Å². The van der Waals surface area contributed by atoms with E-state index in [-0.39, 0.29) is 21.4 Å². The minimum absolute atomic E-state index is 0.0389. The summed E-state index contributed by atoms with van der Waals surface area (Å²) in [6.45, 7) is 0.736. The molecule has 0 aliphatic carbocycles. The van der Waals surface area contributed by atoms with Gasteiger partial charge in [0.05, 0.1) is 13.0 Å². The van der Waals surface area contributed by atoms with E-state index in [1.54, 1.807) is 29.5 Å². The number of ether oxygens (including phenoxy) is 2. The number of carbonyl (C=O) groups excluding carboxylic acids is 1. The Morgan fingerprint density at radius 3 is 2.55 bits per heavy atom. The topological polar surface area (TPSA) is 48.4 Å². The van der Waals surface area contributed by atoms with Crippen LogP contribution in [-0.2, 0) is 22.6 Å². The third kappa shape index (κ3) is 5.10. The maximum atomic E-state index is 12.7. The van der Waals surface area contributed by atoms with E-state index in [1.807, 2.05) is 0 Å². The molecule has 0 fully saturated rings. The number of pyridine rings is 1. The van der Waals surface area contributed by atoms with Gasteiger partial charge in [-0.05, 0) is 35.6 Å². The van der Waals surface area contributed by atoms with E-state index in [1.165, 1.54) is 0 Å². The SMILES string of the molecule is CCOC(=O)Cc1cc(CF)c(I)nc1OC(F)(F)F. The molecule has 1 rings (SSSR count). The maximum absolute atomic E-state index is 12.7. The van der Waals surface area contributed by atoms with Gasteiger partial charge in [0.1, 0.15) is 10.4 Å². The van der Waals surface area contributed by atoms with E-state index in [4.69, 9.17) is 0 Å². The van der Waals surface area contributed by atoms with E-state index in [2.05, 4.69) is 14.5 Å². The molecule has 0 N–H and O–H groups in total. The van der Waals surface area contributed by atoms with Gasteiger partial charge in [0.25, 0.3) is 0 Å². The summed E-state index contributed by atoms with van der Waals surface area (Å²) in [6, 6.07) is 1.12. The molecule has 4 nitrogen and oxygen atoms in total. The second-order valence-electron chi connectivity index (χ2n) is 3.57. The first-order chi connectivity index (χ1) is 9.26. The van der Waals surface area contributed by atoms with Crippen molar-refractivity contribution in [3.05, 3.63) is 20.9 Å². The van der Waals surface area contributed by atoms with Crippen LogP contribution in [0.5, 0.6) is 5.88 Å². The number of hydrogen-bond acceptors (Lipinski definition) is 4. The number of carbonyl (C=O) groups is 1. The summed E-state index contributed by atoms with van der Waals surface area (Å²) in [6.07, 6.45) is -5.42. The molecule has 9 heteroatoms. The van der Waals surface area contributed by atoms with Gasteiger partial charge in [0, 0.05) is 11.1 Å². The Morgan fingerprint density at radius 1 is 1.40 bits per heavy atom. The zero-order valence-corrected chi connectivity index (χ0v) is 12.4. The van der Waals surface area contributed by atoms with Gasteiger partial charge in [0.2, 0.25) is 5.88 Å². The van der Waals surface area contributed by atoms with Gasteiger partial charge in [-0.2, -0.15) is 0 Å². The number of esters is 1. The lowest BCUT2D eigenvalue weighted by Crippen LogP contribution is -2.20. The Hall–Kier alpha value is -1.13. The lowest BCUT2D eigenvalue weighted by atomic mass is 10.1. The van der Waals surface area contributed by atoms with Crippen LogP contribution in [0.4, 0.5) is 17.6 Å². The third-order valence-electron chi connectivity index (χ3n) is 2.08. The molecule has 1 aromatic rings. The van der Waals surface area contributed by atoms with Crippen molar-refractivity contribution in [2.45, 2.75) is 26.4 Å². The molecular weight excluding hydrogens is 397 g/mol. The summed E-state index contributed by atoms with van der Waals surface area (Å²) >= 11 is 1.59. The largest absolute Gasteiger partial charge is 0.574 e. The van der Waals surface area contributed by atoms with Crippen LogP contribution in [0.15, 0.2) is 6.07 Å². The molecule has 0 bridgehead atoms. The number of halogens is 5. The lowest BCUT2D eigenvalue weighted by molar-refractivity contribution is -0.276. The maximum Gasteiger partial charge on any atom is 0.574 e. The van der Waals surface area contributed by atoms with Crippen molar-refractivity contribution in [2.75, 3.05) is 6.61 Å². The molecule has 0 spiro atoms. The number of alkyl halides is 4. The molecule has 0 saturated carbocycles. The first-order valence-corrected chi connectivity index (χ1v) is 6.50. The molecule has 0 radical (unpaired) electrons. The first kappa shape index (κ1) is 16.9. The average Bonchev–Trinajstić information content (AvgIpc) is 2.30. The highest BCUT2D eigenvalue weighted by molar-refractivity contribution is 14.1. The van der Waals surface area contributed by atoms with Gasteiger partial charge < -0.3 is 9.47 Å². The Morgan fingerprint density at radius 2 is 2.05 bits per heavy atom. The highest BCUT2D eigenvalue weighted by Gasteiger charge is 2.33. The quantitative estimate of drug-likeness (QED) is 0.326. The summed E-state index contributed by atoms with van der Waals surface area (Å²) < 4.78 is 57.9. The average molecular weight is 407 g/mol. The molecule has 20 heavy (non-hydrogen) atoms. The van der Waals surface area contributed by atoms with E-state index in [0.717, 1.165) is 6.07 Å². The minimum atomic E-state index is -4.95. The predicted molar refractivity (Wildman–Crippen MR) is 68.8 cm³/mol. The van der Waals surface area contributed by atoms with Gasteiger partial charge in [-0.15, -0.1) is 13.2 Å². The van der Waals surface area contributed by atoms with E-state index >= 15 is 0 Å². The summed E-state index contributed by atoms with van der Waals surface area (Å²) in [5.74, 6) is -1.51. The Kier molecular flexibility index (Phi) is 5.96. The standard InChI is InChI=1S/C11H10F4INO3/c1-2-19-8(18)4-6-3-7(5-12)9(16)17-10(6)20-11(13,14)15/h3H,2,4-5H2,1H3. The first-order valence-electron chi connectivity index (χ1n) is 5.42. The molecule has 0 aromatic carbocycles. The normalized spacial score (nSPS) is 11.3. The summed E-state index contributed by atoms with van der Waals surface area (Å²) in [4.78, 5) is 14.9. The fourth-order valence-corrected chi connectivity index (χ4v) is 1.87. The third-order valence-corrected chi connectivity index (χ3v) is 3.02. The summed E-state index contributed by atoms with van der Waals surface area (Å²) in [5.41, 5.74) is -0.0896. The lowest BCUT2D eigenvalue weighted by Gasteiger charge is -2.13. The van der Waals surface area contributed by atoms with Gasteiger partial charge in [-0.1, -0.05) is 0 Å². The molecule has 0 atom stereocenters. The van der Waals surface area contributed by atoms with Crippen molar-refractivity contribution in [3.63, 3.8) is 0 Å². The van der Waals surface area contributed by atoms with Crippen LogP contribution in [0, 0.1) is 3.70 Å². The molecule has 1 heterocycles. The van der Waals surface area contributed by atoms with E-state index < -0.39 is 31.3 Å². The van der Waals surface area contributed by atoms with Crippen molar-refractivity contribution in [2.24, 2.45) is 0 Å². The molecule has 1 aromatic heterocycles. The van der Waals surface area contributed by atoms with Gasteiger partial charge in [-0.3, -0.25) is 4.79 Å². The zero-order valence-electron chi connectivity index (χ0n) is 10.3. The zero-order chi connectivity index (χ0) is 15.3. The smallest absolute Gasteiger partial charge is 0.466 e. The molecule has 0 unspecified atom stereocenters. The van der Waals surface area contributed by atoms with Crippen molar-refractivity contribution in [3.8, 4) is 5.88 Å². The van der Waals surface area contributed by atoms with Crippen LogP contribution in [-0.4, -0.2) is 23.9 Å². The number of aromatic nitrogens is 1. The van der Waals surface area contributed by atoms with Crippen molar-refractivity contribution < 1.29 is 31.8 Å². The molecule has 112 valence electrons. The fourth-order valence-electron chi connectivity index (χ4n) is 1.35. The van der Waals surface area contributed by atoms with Gasteiger partial charge >= 0.3 is 12.3 Å². The summed E-state index contributed by atoms with van der Waals surface area (Å²) in [7, 11) is 0. The Balaban J connectivity index is 3.12. The van der Waals surface area contributed by atoms with Gasteiger partial charge in [-0.25, -0.2) is 9.37 Å². The van der Waals surface area contributed by atoms with E-state index in [9.17, 15) is 22.4 Å². The second kappa shape index (κ2) is 7.04. The molecule has 0 saturated heterocycles. The van der Waals surface area contributed by atoms with Crippen molar-refractivity contribution in [1.82, 2.24) is 4.98 Å². The predicted octanol–water partition coefficient (Wildman–Crippen LogP) is 3.16. The van der Waals surface area contributed by atoms with Crippen molar-refractivity contribution in [1.29, 1.82) is 0 Å². The molecule has 0 aliphatic rings. The summed E-state index contributed by atoms with van der Waals surface area (Å²) in [5, 5.41) is 0. The highest BCUT2D eigenvalue weighted by atomic mass is 127. The Labute approximate surface area is 125 Å². The second-order valence-corrected chi connectivity index (χ2v) is 4.59. The van der Waals surface area contributed by atoms with Crippen LogP contribution in [0.1, 0.15) is 18.1 Å². The monoisotopic (exact) mass is 407 g/mol. The number of nitrogens with zero attached hydrogens (tertiary/aromatic N) is 1. The van der Waals surface area contributed by atoms with E-state index in [0.29, 0.717) is 0 Å². The minimum Gasteiger partial charge on any atom is -0.466 e. The van der Waals surface area contributed by atoms with Gasteiger partial charge in [0.15, 0.2) is 0 Å². The molecular formula is C11H10F4INO3. The fraction of sp³-hybridized carbons (Fsp3) is 0.455. The molecule has 0 amide bonds. The van der Waals surface area contributed by atoms with Crippen LogP contribution in [0.25, 0.3) is 0 Å². The van der Waals surface area contributed by atoms with Crippen LogP contribution in [0.3, 0.4) is 0 Å². The molecule has 0 aliphatic heterocycles. The van der Waals surface area contributed by atoms with Crippen LogP contribution in [0.2, 0.25) is 0 Å². The number of rotatable bonds is 5. The number of hydrogen-bond donors (Lipinski definition) is 0. The Bertz CT molecular complexity index is 493. The van der Waals surface area contributed by atoms with Crippen molar-refractivity contribution >= 4 is 28.6 Å². The highest BCUT2D eigenvalue weighted by Crippen LogP contribution is 2.28. The van der Waals surface area contributed by atoms with Crippen LogP contribution >= 0.6 is 22.6 Å².